The van der Waals surface area contributed by atoms with Crippen molar-refractivity contribution in [2.45, 2.75) is 32.0 Å². The lowest BCUT2D eigenvalue weighted by molar-refractivity contribution is 0.101. The topological polar surface area (TPSA) is 40.5 Å². The molecular formula is C6H13FO2. The Bertz CT molecular complexity index is 66.1. The van der Waals surface area contributed by atoms with Crippen LogP contribution in [0.4, 0.5) is 4.39 Å². The molecule has 0 aromatic heterocycles. The van der Waals surface area contributed by atoms with Gasteiger partial charge in [0.25, 0.3) is 0 Å². The van der Waals surface area contributed by atoms with E-state index in [0.29, 0.717) is 0 Å². The van der Waals surface area contributed by atoms with E-state index in [1.807, 2.05) is 0 Å². The van der Waals surface area contributed by atoms with Crippen molar-refractivity contribution in [1.82, 2.24) is 0 Å². The predicted octanol–water partition coefficient (Wildman–Crippen LogP) is 0.478. The number of hydrogen-bond donors (Lipinski definition) is 2. The molecule has 0 saturated carbocycles. The van der Waals surface area contributed by atoms with Crippen LogP contribution in [0, 0.1) is 0 Å². The molecule has 0 radical (unpaired) electrons. The summed E-state index contributed by atoms with van der Waals surface area (Å²) in [6, 6.07) is 0. The van der Waals surface area contributed by atoms with Crippen molar-refractivity contribution >= 4 is 0 Å². The first-order chi connectivity index (χ1) is 4.16. The second kappa shape index (κ2) is 4.70. The predicted molar refractivity (Wildman–Crippen MR) is 32.9 cm³/mol. The van der Waals surface area contributed by atoms with E-state index in [1.54, 1.807) is 0 Å². The van der Waals surface area contributed by atoms with E-state index < -0.39 is 12.3 Å². The van der Waals surface area contributed by atoms with Crippen molar-refractivity contribution in [3.05, 3.63) is 0 Å². The molecule has 0 amide bonds. The zero-order chi connectivity index (χ0) is 7.28. The molecule has 2 nitrogen and oxygen atoms in total. The maximum absolute atomic E-state index is 12.0. The Kier molecular flexibility index (Phi) is 4.62. The Hall–Kier alpha value is -0.150. The molecule has 0 fully saturated rings. The normalized spacial score (nSPS) is 17.3. The van der Waals surface area contributed by atoms with Crippen LogP contribution in [-0.4, -0.2) is 29.1 Å². The molecule has 56 valence electrons. The third-order valence-corrected chi connectivity index (χ3v) is 1.06. The standard InChI is InChI=1S/C6H13FO2/c1-5(7)4-6(9)2-3-8/h5-6,8-9H,2-4H2,1H3. The third kappa shape index (κ3) is 5.73. The summed E-state index contributed by atoms with van der Waals surface area (Å²) in [5, 5.41) is 17.1. The van der Waals surface area contributed by atoms with Crippen LogP contribution in [0.15, 0.2) is 0 Å². The Balaban J connectivity index is 3.15. The molecule has 0 aromatic carbocycles. The Morgan fingerprint density at radius 3 is 2.44 bits per heavy atom. The van der Waals surface area contributed by atoms with E-state index in [0.717, 1.165) is 0 Å². The maximum Gasteiger partial charge on any atom is 0.0998 e. The number of rotatable bonds is 4. The number of hydrogen-bond acceptors (Lipinski definition) is 2. The molecule has 3 heteroatoms. The highest BCUT2D eigenvalue weighted by Gasteiger charge is 2.07. The molecule has 0 bridgehead atoms. The van der Waals surface area contributed by atoms with Crippen molar-refractivity contribution in [2.24, 2.45) is 0 Å². The number of aliphatic hydroxyl groups excluding tert-OH is 2. The van der Waals surface area contributed by atoms with Gasteiger partial charge in [-0.3, -0.25) is 0 Å². The summed E-state index contributed by atoms with van der Waals surface area (Å²) in [4.78, 5) is 0. The number of alkyl halides is 1. The zero-order valence-electron chi connectivity index (χ0n) is 5.55. The van der Waals surface area contributed by atoms with Crippen molar-refractivity contribution in [2.75, 3.05) is 6.61 Å². The summed E-state index contributed by atoms with van der Waals surface area (Å²) in [5.74, 6) is 0. The Morgan fingerprint density at radius 2 is 2.11 bits per heavy atom. The fraction of sp³-hybridized carbons (Fsp3) is 1.00. The molecule has 2 unspecified atom stereocenters. The summed E-state index contributed by atoms with van der Waals surface area (Å²) in [6.45, 7) is 1.31. The fourth-order valence-corrected chi connectivity index (χ4v) is 0.642. The quantitative estimate of drug-likeness (QED) is 0.590. The SMILES string of the molecule is CC(F)CC(O)CCO. The highest BCUT2D eigenvalue weighted by molar-refractivity contribution is 4.58. The molecule has 2 N–H and O–H groups in total. The van der Waals surface area contributed by atoms with E-state index in [2.05, 4.69) is 0 Å². The Morgan fingerprint density at radius 1 is 1.56 bits per heavy atom. The van der Waals surface area contributed by atoms with Gasteiger partial charge >= 0.3 is 0 Å². The highest BCUT2D eigenvalue weighted by atomic mass is 19.1. The van der Waals surface area contributed by atoms with E-state index in [-0.39, 0.29) is 19.4 Å². The zero-order valence-corrected chi connectivity index (χ0v) is 5.55. The molecular weight excluding hydrogens is 123 g/mol. The second-order valence-electron chi connectivity index (χ2n) is 2.18. The van der Waals surface area contributed by atoms with Crippen molar-refractivity contribution in [3.63, 3.8) is 0 Å². The lowest BCUT2D eigenvalue weighted by Crippen LogP contribution is -2.13. The fourth-order valence-electron chi connectivity index (χ4n) is 0.642. The number of aliphatic hydroxyl groups is 2. The largest absolute Gasteiger partial charge is 0.396 e. The van der Waals surface area contributed by atoms with Crippen molar-refractivity contribution in [3.8, 4) is 0 Å². The molecule has 0 heterocycles. The first kappa shape index (κ1) is 8.85. The highest BCUT2D eigenvalue weighted by Crippen LogP contribution is 2.03. The van der Waals surface area contributed by atoms with Crippen LogP contribution in [0.1, 0.15) is 19.8 Å². The first-order valence-corrected chi connectivity index (χ1v) is 3.09. The van der Waals surface area contributed by atoms with Gasteiger partial charge in [0.1, 0.15) is 0 Å². The first-order valence-electron chi connectivity index (χ1n) is 3.09. The van der Waals surface area contributed by atoms with Gasteiger partial charge in [0.05, 0.1) is 12.3 Å². The van der Waals surface area contributed by atoms with Crippen molar-refractivity contribution < 1.29 is 14.6 Å². The summed E-state index contributed by atoms with van der Waals surface area (Å²) in [7, 11) is 0. The minimum absolute atomic E-state index is 0.0755. The van der Waals surface area contributed by atoms with Gasteiger partial charge in [0.15, 0.2) is 0 Å². The van der Waals surface area contributed by atoms with Crippen LogP contribution < -0.4 is 0 Å². The van der Waals surface area contributed by atoms with Gasteiger partial charge in [0.2, 0.25) is 0 Å². The molecule has 0 rings (SSSR count). The van der Waals surface area contributed by atoms with Crippen LogP contribution in [0.5, 0.6) is 0 Å². The Labute approximate surface area is 54.3 Å². The molecule has 0 saturated heterocycles. The molecule has 0 spiro atoms. The molecule has 0 aromatic rings. The third-order valence-electron chi connectivity index (χ3n) is 1.06. The van der Waals surface area contributed by atoms with Gasteiger partial charge in [-0.25, -0.2) is 4.39 Å². The summed E-state index contributed by atoms with van der Waals surface area (Å²) in [5.41, 5.74) is 0. The van der Waals surface area contributed by atoms with Gasteiger partial charge in [-0.2, -0.15) is 0 Å². The molecule has 0 aliphatic rings. The minimum atomic E-state index is -0.980. The van der Waals surface area contributed by atoms with E-state index >= 15 is 0 Å². The van der Waals surface area contributed by atoms with Gasteiger partial charge in [-0.1, -0.05) is 0 Å². The van der Waals surface area contributed by atoms with Crippen LogP contribution in [-0.2, 0) is 0 Å². The molecule has 0 aliphatic carbocycles. The average Bonchev–Trinajstić information content (AvgIpc) is 1.63. The number of halogens is 1. The van der Waals surface area contributed by atoms with Crippen LogP contribution in [0.25, 0.3) is 0 Å². The maximum atomic E-state index is 12.0. The van der Waals surface area contributed by atoms with Gasteiger partial charge in [-0.05, 0) is 13.3 Å². The van der Waals surface area contributed by atoms with E-state index in [1.165, 1.54) is 6.92 Å². The monoisotopic (exact) mass is 136 g/mol. The lowest BCUT2D eigenvalue weighted by Gasteiger charge is -2.07. The molecule has 9 heavy (non-hydrogen) atoms. The summed E-state index contributed by atoms with van der Waals surface area (Å²) < 4.78 is 12.0. The van der Waals surface area contributed by atoms with Gasteiger partial charge in [-0.15, -0.1) is 0 Å². The summed E-state index contributed by atoms with van der Waals surface area (Å²) >= 11 is 0. The molecule has 0 aliphatic heterocycles. The minimum Gasteiger partial charge on any atom is -0.396 e. The van der Waals surface area contributed by atoms with Crippen LogP contribution in [0.2, 0.25) is 0 Å². The van der Waals surface area contributed by atoms with Gasteiger partial charge in [0, 0.05) is 13.0 Å². The molecule has 2 atom stereocenters. The smallest absolute Gasteiger partial charge is 0.0998 e. The summed E-state index contributed by atoms with van der Waals surface area (Å²) in [6.07, 6.45) is -1.27. The van der Waals surface area contributed by atoms with Crippen molar-refractivity contribution in [1.29, 1.82) is 0 Å². The van der Waals surface area contributed by atoms with Crippen LogP contribution in [0.3, 0.4) is 0 Å². The van der Waals surface area contributed by atoms with E-state index in [9.17, 15) is 4.39 Å². The second-order valence-corrected chi connectivity index (χ2v) is 2.18. The van der Waals surface area contributed by atoms with Gasteiger partial charge < -0.3 is 10.2 Å². The van der Waals surface area contributed by atoms with E-state index in [4.69, 9.17) is 10.2 Å². The average molecular weight is 136 g/mol. The van der Waals surface area contributed by atoms with Crippen LogP contribution >= 0.6 is 0 Å². The lowest BCUT2D eigenvalue weighted by atomic mass is 10.1.